The average molecular weight is 607 g/mol. The fourth-order valence-corrected chi connectivity index (χ4v) is 4.84. The molecule has 0 saturated heterocycles. The molecule has 3 N–H and O–H groups in total. The number of halogens is 2. The number of aromatic nitrogens is 4. The molecule has 0 spiro atoms. The molecule has 5 rings (SSSR count). The van der Waals surface area contributed by atoms with Crippen LogP contribution in [0.3, 0.4) is 0 Å². The van der Waals surface area contributed by atoms with E-state index >= 15 is 0 Å². The van der Waals surface area contributed by atoms with Crippen LogP contribution in [0.25, 0.3) is 22.8 Å². The molecule has 5 aromatic rings. The lowest BCUT2D eigenvalue weighted by Crippen LogP contribution is -2.24. The maximum absolute atomic E-state index is 13.8. The lowest BCUT2D eigenvalue weighted by atomic mass is 10.2. The summed E-state index contributed by atoms with van der Waals surface area (Å²) in [6, 6.07) is 20.2. The van der Waals surface area contributed by atoms with Crippen LogP contribution in [0.2, 0.25) is 0 Å². The Morgan fingerprint density at radius 2 is 1.30 bits per heavy atom. The van der Waals surface area contributed by atoms with Crippen LogP contribution in [0.1, 0.15) is 11.4 Å². The third kappa shape index (κ3) is 8.35. The van der Waals surface area contributed by atoms with E-state index in [0.29, 0.717) is 35.4 Å². The molecule has 4 heterocycles. The van der Waals surface area contributed by atoms with Crippen molar-refractivity contribution >= 4 is 10.0 Å². The van der Waals surface area contributed by atoms with Crippen molar-refractivity contribution < 1.29 is 26.7 Å². The first-order chi connectivity index (χ1) is 20.7. The largest absolute Gasteiger partial charge is 0.497 e. The molecule has 0 unspecified atom stereocenters. The van der Waals surface area contributed by atoms with Crippen molar-refractivity contribution in [3.63, 3.8) is 0 Å². The van der Waals surface area contributed by atoms with Gasteiger partial charge in [0.05, 0.1) is 54.9 Å². The third-order valence-electron chi connectivity index (χ3n) is 5.87. The molecule has 0 amide bonds. The minimum Gasteiger partial charge on any atom is -0.497 e. The molecule has 13 heteroatoms. The molecule has 1 aromatic carbocycles. The van der Waals surface area contributed by atoms with Crippen LogP contribution in [0.5, 0.6) is 11.5 Å². The van der Waals surface area contributed by atoms with Crippen LogP contribution >= 0.6 is 0 Å². The Bertz CT molecular complexity index is 1760. The van der Waals surface area contributed by atoms with Crippen LogP contribution in [0, 0.1) is 11.6 Å². The third-order valence-corrected chi connectivity index (χ3v) is 7.30. The molecular formula is C30H28F2N6O4S. The van der Waals surface area contributed by atoms with Gasteiger partial charge < -0.3 is 15.2 Å². The molecule has 0 radical (unpaired) electrons. The SMILES string of the molecule is COc1cc(CN)nc(-c2ccccn2)c1.COc1cc(CNS(=O)(=O)c2ccc(F)cc2F)nc(-c2ccccn2)c1. The molecule has 43 heavy (non-hydrogen) atoms. The van der Waals surface area contributed by atoms with E-state index < -0.39 is 26.6 Å². The fourth-order valence-electron chi connectivity index (χ4n) is 3.78. The van der Waals surface area contributed by atoms with E-state index in [2.05, 4.69) is 24.7 Å². The number of ether oxygens (including phenoxy) is 2. The van der Waals surface area contributed by atoms with Crippen molar-refractivity contribution in [1.82, 2.24) is 24.7 Å². The van der Waals surface area contributed by atoms with Crippen molar-refractivity contribution in [2.45, 2.75) is 18.0 Å². The lowest BCUT2D eigenvalue weighted by Gasteiger charge is -2.10. The Hall–Kier alpha value is -4.85. The molecule has 4 aromatic heterocycles. The standard InChI is InChI=1S/C18H15F2N3O3S.C12H13N3O/c1-26-14-9-13(23-17(10-14)16-4-2-3-7-21-16)11-22-27(24,25)18-6-5-12(19)8-15(18)20;1-16-10-6-9(8-13)15-12(7-10)11-4-2-3-5-14-11/h2-10,22H,11H2,1H3;2-7H,8,13H2,1H3. The number of hydrogen-bond donors (Lipinski definition) is 2. The first-order valence-electron chi connectivity index (χ1n) is 12.8. The predicted octanol–water partition coefficient (Wildman–Crippen LogP) is 4.52. The van der Waals surface area contributed by atoms with Crippen molar-refractivity contribution in [2.24, 2.45) is 5.73 Å². The summed E-state index contributed by atoms with van der Waals surface area (Å²) in [5.74, 6) is -0.819. The summed E-state index contributed by atoms with van der Waals surface area (Å²) < 4.78 is 64.0. The van der Waals surface area contributed by atoms with Crippen LogP contribution in [-0.4, -0.2) is 42.6 Å². The average Bonchev–Trinajstić information content (AvgIpc) is 3.04. The van der Waals surface area contributed by atoms with Crippen LogP contribution in [-0.2, 0) is 23.1 Å². The molecule has 0 fully saturated rings. The molecule has 0 atom stereocenters. The van der Waals surface area contributed by atoms with E-state index in [1.165, 1.54) is 7.11 Å². The fraction of sp³-hybridized carbons (Fsp3) is 0.133. The van der Waals surface area contributed by atoms with E-state index in [0.717, 1.165) is 35.0 Å². The molecule has 222 valence electrons. The summed E-state index contributed by atoms with van der Waals surface area (Å²) in [5.41, 5.74) is 9.40. The summed E-state index contributed by atoms with van der Waals surface area (Å²) in [4.78, 5) is 16.6. The zero-order valence-electron chi connectivity index (χ0n) is 23.2. The first kappa shape index (κ1) is 31.1. The predicted molar refractivity (Wildman–Crippen MR) is 156 cm³/mol. The number of rotatable bonds is 9. The number of nitrogens with one attached hydrogen (secondary N) is 1. The summed E-state index contributed by atoms with van der Waals surface area (Å²) >= 11 is 0. The van der Waals surface area contributed by atoms with Gasteiger partial charge in [-0.05, 0) is 36.4 Å². The number of nitrogens with two attached hydrogens (primary N) is 1. The van der Waals surface area contributed by atoms with Gasteiger partial charge in [-0.15, -0.1) is 0 Å². The van der Waals surface area contributed by atoms with Crippen LogP contribution in [0.15, 0.2) is 96.2 Å². The van der Waals surface area contributed by atoms with Crippen molar-refractivity contribution in [3.8, 4) is 34.3 Å². The zero-order valence-corrected chi connectivity index (χ0v) is 24.1. The van der Waals surface area contributed by atoms with E-state index in [1.807, 2.05) is 30.3 Å². The maximum atomic E-state index is 13.8. The van der Waals surface area contributed by atoms with Crippen molar-refractivity contribution in [1.29, 1.82) is 0 Å². The smallest absolute Gasteiger partial charge is 0.243 e. The molecule has 0 aliphatic carbocycles. The van der Waals surface area contributed by atoms with Gasteiger partial charge in [0, 0.05) is 49.3 Å². The summed E-state index contributed by atoms with van der Waals surface area (Å²) in [5, 5.41) is 0. The highest BCUT2D eigenvalue weighted by Crippen LogP contribution is 2.23. The normalized spacial score (nSPS) is 10.9. The summed E-state index contributed by atoms with van der Waals surface area (Å²) in [6.45, 7) is 0.174. The van der Waals surface area contributed by atoms with Gasteiger partial charge in [0.25, 0.3) is 0 Å². The second-order valence-corrected chi connectivity index (χ2v) is 10.5. The molecule has 0 bridgehead atoms. The molecular weight excluding hydrogens is 578 g/mol. The van der Waals surface area contributed by atoms with Gasteiger partial charge in [-0.1, -0.05) is 12.1 Å². The van der Waals surface area contributed by atoms with Crippen molar-refractivity contribution in [2.75, 3.05) is 14.2 Å². The Balaban J connectivity index is 0.000000225. The molecule has 0 saturated carbocycles. The molecule has 10 nitrogen and oxygen atoms in total. The molecule has 0 aliphatic heterocycles. The summed E-state index contributed by atoms with van der Waals surface area (Å²) in [6.07, 6.45) is 3.34. The van der Waals surface area contributed by atoms with E-state index in [1.54, 1.807) is 49.8 Å². The van der Waals surface area contributed by atoms with Crippen LogP contribution < -0.4 is 19.9 Å². The number of nitrogens with zero attached hydrogens (tertiary/aromatic N) is 4. The minimum atomic E-state index is -4.19. The molecule has 0 aliphatic rings. The van der Waals surface area contributed by atoms with Gasteiger partial charge in [0.15, 0.2) is 0 Å². The van der Waals surface area contributed by atoms with Gasteiger partial charge in [-0.3, -0.25) is 9.97 Å². The van der Waals surface area contributed by atoms with Gasteiger partial charge in [0.2, 0.25) is 10.0 Å². The Morgan fingerprint density at radius 1 is 0.744 bits per heavy atom. The highest BCUT2D eigenvalue weighted by Gasteiger charge is 2.20. The highest BCUT2D eigenvalue weighted by atomic mass is 32.2. The van der Waals surface area contributed by atoms with E-state index in [4.69, 9.17) is 15.2 Å². The van der Waals surface area contributed by atoms with Gasteiger partial charge in [0.1, 0.15) is 28.0 Å². The Labute approximate surface area is 247 Å². The number of sulfonamides is 1. The second kappa shape index (κ2) is 14.4. The Kier molecular flexibility index (Phi) is 10.4. The summed E-state index contributed by atoms with van der Waals surface area (Å²) in [7, 11) is -1.10. The minimum absolute atomic E-state index is 0.212. The monoisotopic (exact) mass is 606 g/mol. The lowest BCUT2D eigenvalue weighted by molar-refractivity contribution is 0.413. The van der Waals surface area contributed by atoms with Gasteiger partial charge in [-0.2, -0.15) is 0 Å². The second-order valence-electron chi connectivity index (χ2n) is 8.80. The number of hydrogen-bond acceptors (Lipinski definition) is 9. The maximum Gasteiger partial charge on any atom is 0.243 e. The van der Waals surface area contributed by atoms with E-state index in [-0.39, 0.29) is 6.54 Å². The quantitative estimate of drug-likeness (QED) is 0.248. The number of benzene rings is 1. The zero-order chi connectivity index (χ0) is 30.8. The number of pyridine rings is 4. The van der Waals surface area contributed by atoms with Gasteiger partial charge >= 0.3 is 0 Å². The van der Waals surface area contributed by atoms with E-state index in [9.17, 15) is 17.2 Å². The Morgan fingerprint density at radius 3 is 1.79 bits per heavy atom. The topological polar surface area (TPSA) is 142 Å². The van der Waals surface area contributed by atoms with Crippen LogP contribution in [0.4, 0.5) is 8.78 Å². The first-order valence-corrected chi connectivity index (χ1v) is 14.3. The highest BCUT2D eigenvalue weighted by molar-refractivity contribution is 7.89. The van der Waals surface area contributed by atoms with Gasteiger partial charge in [-0.25, -0.2) is 31.9 Å². The number of methoxy groups -OCH3 is 2. The van der Waals surface area contributed by atoms with Crippen molar-refractivity contribution in [3.05, 3.63) is 114 Å².